The van der Waals surface area contributed by atoms with Crippen LogP contribution < -0.4 is 5.32 Å². The van der Waals surface area contributed by atoms with E-state index in [1.807, 2.05) is 0 Å². The molecule has 1 heterocycles. The summed E-state index contributed by atoms with van der Waals surface area (Å²) in [6.07, 6.45) is 0.352. The van der Waals surface area contributed by atoms with Crippen molar-refractivity contribution in [2.75, 3.05) is 5.75 Å². The lowest BCUT2D eigenvalue weighted by Crippen LogP contribution is -2.23. The molecule has 0 bridgehead atoms. The lowest BCUT2D eigenvalue weighted by atomic mass is 10.1. The Labute approximate surface area is 130 Å². The molecule has 0 fully saturated rings. The van der Waals surface area contributed by atoms with Crippen molar-refractivity contribution < 1.29 is 14.7 Å². The fraction of sp³-hybridized carbons (Fsp3) is 0.308. The highest BCUT2D eigenvalue weighted by Crippen LogP contribution is 2.13. The van der Waals surface area contributed by atoms with Crippen LogP contribution in [-0.2, 0) is 18.4 Å². The maximum Gasteiger partial charge on any atom is 0.335 e. The molecule has 0 spiro atoms. The lowest BCUT2D eigenvalue weighted by molar-refractivity contribution is -0.120. The van der Waals surface area contributed by atoms with Gasteiger partial charge >= 0.3 is 5.97 Å². The number of nitrogens with one attached hydrogen (secondary N) is 1. The summed E-state index contributed by atoms with van der Waals surface area (Å²) in [5.41, 5.74) is 1.08. The summed E-state index contributed by atoms with van der Waals surface area (Å²) >= 11 is 1.41. The molecular weight excluding hydrogens is 306 g/mol. The van der Waals surface area contributed by atoms with Crippen molar-refractivity contribution >= 4 is 23.6 Å². The van der Waals surface area contributed by atoms with E-state index in [-0.39, 0.29) is 11.5 Å². The number of aryl methyl sites for hydroxylation is 1. The summed E-state index contributed by atoms with van der Waals surface area (Å²) in [6.45, 7) is 0.370. The third-order valence-corrected chi connectivity index (χ3v) is 3.84. The highest BCUT2D eigenvalue weighted by Gasteiger charge is 2.06. The molecule has 0 atom stereocenters. The van der Waals surface area contributed by atoms with Crippen LogP contribution in [0.15, 0.2) is 29.4 Å². The molecule has 0 saturated heterocycles. The van der Waals surface area contributed by atoms with E-state index in [0.717, 1.165) is 5.56 Å². The molecule has 1 aromatic heterocycles. The molecule has 9 heteroatoms. The molecule has 0 aliphatic carbocycles. The van der Waals surface area contributed by atoms with E-state index in [2.05, 4.69) is 20.8 Å². The number of thioether (sulfide) groups is 1. The summed E-state index contributed by atoms with van der Waals surface area (Å²) in [7, 11) is 1.74. The second-order valence-electron chi connectivity index (χ2n) is 4.46. The molecule has 2 aromatic rings. The number of benzene rings is 1. The Bertz CT molecular complexity index is 656. The molecule has 116 valence electrons. The summed E-state index contributed by atoms with van der Waals surface area (Å²) in [5, 5.41) is 23.3. The molecule has 0 aliphatic rings. The van der Waals surface area contributed by atoms with Gasteiger partial charge in [0.2, 0.25) is 11.1 Å². The quantitative estimate of drug-likeness (QED) is 0.722. The molecular formula is C13H15N5O3S. The van der Waals surface area contributed by atoms with Gasteiger partial charge in [0, 0.05) is 25.8 Å². The van der Waals surface area contributed by atoms with Gasteiger partial charge in [0.05, 0.1) is 5.56 Å². The SMILES string of the molecule is Cn1nnnc1SCCC(=O)NCc1ccc(C(=O)O)cc1. The molecule has 0 unspecified atom stereocenters. The van der Waals surface area contributed by atoms with E-state index < -0.39 is 5.97 Å². The Morgan fingerprint density at radius 2 is 2.05 bits per heavy atom. The van der Waals surface area contributed by atoms with Gasteiger partial charge < -0.3 is 10.4 Å². The minimum atomic E-state index is -0.967. The second-order valence-corrected chi connectivity index (χ2v) is 5.52. The van der Waals surface area contributed by atoms with Crippen molar-refractivity contribution in [3.63, 3.8) is 0 Å². The number of aromatic carboxylic acids is 1. The first-order valence-electron chi connectivity index (χ1n) is 6.50. The zero-order valence-electron chi connectivity index (χ0n) is 11.9. The summed E-state index contributed by atoms with van der Waals surface area (Å²) < 4.78 is 1.55. The normalized spacial score (nSPS) is 10.4. The minimum Gasteiger partial charge on any atom is -0.478 e. The van der Waals surface area contributed by atoms with Gasteiger partial charge in [0.25, 0.3) is 0 Å². The molecule has 2 rings (SSSR count). The first-order valence-corrected chi connectivity index (χ1v) is 7.49. The molecule has 0 radical (unpaired) electrons. The largest absolute Gasteiger partial charge is 0.478 e. The summed E-state index contributed by atoms with van der Waals surface area (Å²) in [4.78, 5) is 22.5. The van der Waals surface area contributed by atoms with Crippen LogP contribution in [0.5, 0.6) is 0 Å². The van der Waals surface area contributed by atoms with Gasteiger partial charge in [-0.3, -0.25) is 4.79 Å². The lowest BCUT2D eigenvalue weighted by Gasteiger charge is -2.05. The fourth-order valence-electron chi connectivity index (χ4n) is 1.63. The number of amides is 1. The first-order chi connectivity index (χ1) is 10.6. The van der Waals surface area contributed by atoms with E-state index in [1.54, 1.807) is 23.9 Å². The zero-order valence-corrected chi connectivity index (χ0v) is 12.7. The molecule has 1 amide bonds. The molecule has 22 heavy (non-hydrogen) atoms. The molecule has 2 N–H and O–H groups in total. The Hall–Kier alpha value is -2.42. The van der Waals surface area contributed by atoms with Crippen molar-refractivity contribution in [1.29, 1.82) is 0 Å². The predicted octanol–water partition coefficient (Wildman–Crippen LogP) is 0.707. The third kappa shape index (κ3) is 4.55. The van der Waals surface area contributed by atoms with Crippen molar-refractivity contribution in [3.8, 4) is 0 Å². The number of hydrogen-bond donors (Lipinski definition) is 2. The number of rotatable bonds is 7. The van der Waals surface area contributed by atoms with E-state index in [0.29, 0.717) is 23.9 Å². The molecule has 0 aliphatic heterocycles. The smallest absolute Gasteiger partial charge is 0.335 e. The van der Waals surface area contributed by atoms with Crippen LogP contribution in [0.2, 0.25) is 0 Å². The van der Waals surface area contributed by atoms with Crippen LogP contribution in [0, 0.1) is 0 Å². The van der Waals surface area contributed by atoms with Gasteiger partial charge in [-0.25, -0.2) is 9.48 Å². The Morgan fingerprint density at radius 1 is 1.32 bits per heavy atom. The van der Waals surface area contributed by atoms with Crippen LogP contribution in [0.4, 0.5) is 0 Å². The average molecular weight is 321 g/mol. The number of hydrogen-bond acceptors (Lipinski definition) is 6. The highest BCUT2D eigenvalue weighted by molar-refractivity contribution is 7.99. The molecule has 1 aromatic carbocycles. The number of nitrogens with zero attached hydrogens (tertiary/aromatic N) is 4. The van der Waals surface area contributed by atoms with Gasteiger partial charge in [0.1, 0.15) is 0 Å². The van der Waals surface area contributed by atoms with Gasteiger partial charge in [-0.15, -0.1) is 5.10 Å². The molecule has 0 saturated carbocycles. The number of carbonyl (C=O) groups excluding carboxylic acids is 1. The van der Waals surface area contributed by atoms with Crippen LogP contribution in [0.1, 0.15) is 22.3 Å². The van der Waals surface area contributed by atoms with Gasteiger partial charge in [-0.1, -0.05) is 23.9 Å². The Kier molecular flexibility index (Phi) is 5.48. The van der Waals surface area contributed by atoms with Gasteiger partial charge in [-0.2, -0.15) is 0 Å². The van der Waals surface area contributed by atoms with Crippen molar-refractivity contribution in [2.24, 2.45) is 7.05 Å². The van der Waals surface area contributed by atoms with Gasteiger partial charge in [-0.05, 0) is 28.1 Å². The average Bonchev–Trinajstić information content (AvgIpc) is 2.91. The number of tetrazole rings is 1. The van der Waals surface area contributed by atoms with Gasteiger partial charge in [0.15, 0.2) is 0 Å². The van der Waals surface area contributed by atoms with E-state index in [1.165, 1.54) is 23.9 Å². The van der Waals surface area contributed by atoms with Crippen molar-refractivity contribution in [2.45, 2.75) is 18.1 Å². The number of aromatic nitrogens is 4. The third-order valence-electron chi connectivity index (χ3n) is 2.83. The van der Waals surface area contributed by atoms with E-state index in [4.69, 9.17) is 5.11 Å². The van der Waals surface area contributed by atoms with Crippen LogP contribution in [0.25, 0.3) is 0 Å². The van der Waals surface area contributed by atoms with E-state index in [9.17, 15) is 9.59 Å². The predicted molar refractivity (Wildman–Crippen MR) is 79.4 cm³/mol. The maximum atomic E-state index is 11.7. The first kappa shape index (κ1) is 16.0. The van der Waals surface area contributed by atoms with Crippen LogP contribution >= 0.6 is 11.8 Å². The minimum absolute atomic E-state index is 0.0788. The van der Waals surface area contributed by atoms with E-state index >= 15 is 0 Å². The fourth-order valence-corrected chi connectivity index (χ4v) is 2.42. The number of carboxylic acids is 1. The standard InChI is InChI=1S/C13H15N5O3S/c1-18-13(15-16-17-18)22-7-6-11(19)14-8-9-2-4-10(5-3-9)12(20)21/h2-5H,6-8H2,1H3,(H,14,19)(H,20,21). The Balaban J connectivity index is 1.71. The number of carbonyl (C=O) groups is 2. The number of carboxylic acid groups (broad SMARTS) is 1. The second kappa shape index (κ2) is 7.55. The monoisotopic (exact) mass is 321 g/mol. The summed E-state index contributed by atoms with van der Waals surface area (Å²) in [5.74, 6) is -0.464. The topological polar surface area (TPSA) is 110 Å². The molecule has 8 nitrogen and oxygen atoms in total. The summed E-state index contributed by atoms with van der Waals surface area (Å²) in [6, 6.07) is 6.40. The van der Waals surface area contributed by atoms with Crippen LogP contribution in [0.3, 0.4) is 0 Å². The van der Waals surface area contributed by atoms with Crippen molar-refractivity contribution in [3.05, 3.63) is 35.4 Å². The Morgan fingerprint density at radius 3 is 2.64 bits per heavy atom. The highest BCUT2D eigenvalue weighted by atomic mass is 32.2. The maximum absolute atomic E-state index is 11.7. The van der Waals surface area contributed by atoms with Crippen molar-refractivity contribution in [1.82, 2.24) is 25.5 Å². The zero-order chi connectivity index (χ0) is 15.9. The van der Waals surface area contributed by atoms with Crippen LogP contribution in [-0.4, -0.2) is 42.9 Å².